The average Bonchev–Trinajstić information content (AvgIpc) is 2.83. The molecule has 34 heavy (non-hydrogen) atoms. The van der Waals surface area contributed by atoms with E-state index in [1.165, 1.54) is 12.1 Å². The lowest BCUT2D eigenvalue weighted by Crippen LogP contribution is -2.49. The second-order valence-electron chi connectivity index (χ2n) is 8.13. The van der Waals surface area contributed by atoms with E-state index in [-0.39, 0.29) is 22.8 Å². The van der Waals surface area contributed by atoms with Crippen LogP contribution in [0.4, 0.5) is 11.4 Å². The maximum absolute atomic E-state index is 13.6. The zero-order valence-electron chi connectivity index (χ0n) is 18.5. The molecule has 1 aliphatic rings. The van der Waals surface area contributed by atoms with Crippen LogP contribution in [-0.4, -0.2) is 32.8 Å². The van der Waals surface area contributed by atoms with Crippen molar-refractivity contribution in [1.82, 2.24) is 4.90 Å². The van der Waals surface area contributed by atoms with Crippen molar-refractivity contribution in [2.24, 2.45) is 0 Å². The number of carbonyl (C=O) groups excluding carboxylic acids is 1. The third-order valence-electron chi connectivity index (χ3n) is 5.75. The normalized spacial score (nSPS) is 15.4. The van der Waals surface area contributed by atoms with Crippen molar-refractivity contribution in [1.29, 1.82) is 0 Å². The van der Waals surface area contributed by atoms with Crippen LogP contribution in [0.3, 0.4) is 0 Å². The molecule has 172 valence electrons. The van der Waals surface area contributed by atoms with Crippen LogP contribution in [-0.2, 0) is 17.8 Å². The number of benzene rings is 3. The summed E-state index contributed by atoms with van der Waals surface area (Å²) in [6, 6.07) is 20.3. The van der Waals surface area contributed by atoms with Crippen molar-refractivity contribution in [2.75, 3.05) is 4.90 Å². The average molecular weight is 457 g/mol. The lowest BCUT2D eigenvalue weighted by atomic mass is 9.99. The molecule has 0 aromatic heterocycles. The molecule has 8 nitrogen and oxygen atoms in total. The number of anilines is 1. The Bertz CT molecular complexity index is 1260. The second-order valence-corrected chi connectivity index (χ2v) is 8.13. The molecule has 0 aliphatic carbocycles. The molecule has 8 heteroatoms. The standard InChI is InChI=1S/C26H23N3O5/c1-18-7-9-19(10-8-18)15-24-25(30)27(17-20-5-3-2-4-6-20)13-14-28(24)22-12-11-21(26(31)32)16-23(22)29(33)34/h2-14,16,24H,15,17H2,1H3,(H,31,32)/t24-/m0/s1. The van der Waals surface area contributed by atoms with E-state index in [0.717, 1.165) is 22.8 Å². The molecule has 1 amide bonds. The minimum Gasteiger partial charge on any atom is -0.478 e. The monoisotopic (exact) mass is 457 g/mol. The number of aromatic carboxylic acids is 1. The SMILES string of the molecule is Cc1ccc(C[C@H]2C(=O)N(Cc3ccccc3)C=CN2c2ccc(C(=O)O)cc2[N+](=O)[O-])cc1. The van der Waals surface area contributed by atoms with Gasteiger partial charge < -0.3 is 14.9 Å². The number of carboxylic acids is 1. The van der Waals surface area contributed by atoms with E-state index in [4.69, 9.17) is 0 Å². The smallest absolute Gasteiger partial charge is 0.335 e. The third kappa shape index (κ3) is 4.80. The molecule has 0 spiro atoms. The van der Waals surface area contributed by atoms with Gasteiger partial charge in [0.05, 0.1) is 17.0 Å². The quantitative estimate of drug-likeness (QED) is 0.413. The van der Waals surface area contributed by atoms with Crippen LogP contribution >= 0.6 is 0 Å². The molecule has 3 aromatic carbocycles. The largest absolute Gasteiger partial charge is 0.478 e. The fraction of sp³-hybridized carbons (Fsp3) is 0.154. The van der Waals surface area contributed by atoms with Gasteiger partial charge in [0.2, 0.25) is 5.91 Å². The number of carbonyl (C=O) groups is 2. The van der Waals surface area contributed by atoms with E-state index in [1.807, 2.05) is 61.5 Å². The Hall–Kier alpha value is -4.46. The molecule has 0 unspecified atom stereocenters. The zero-order chi connectivity index (χ0) is 24.2. The molecule has 1 aliphatic heterocycles. The van der Waals surface area contributed by atoms with Gasteiger partial charge in [-0.2, -0.15) is 0 Å². The highest BCUT2D eigenvalue weighted by atomic mass is 16.6. The number of hydrogen-bond acceptors (Lipinski definition) is 5. The van der Waals surface area contributed by atoms with Gasteiger partial charge in [-0.3, -0.25) is 14.9 Å². The van der Waals surface area contributed by atoms with Crippen molar-refractivity contribution in [3.63, 3.8) is 0 Å². The number of nitro groups is 1. The summed E-state index contributed by atoms with van der Waals surface area (Å²) < 4.78 is 0. The Labute approximate surface area is 196 Å². The lowest BCUT2D eigenvalue weighted by Gasteiger charge is -2.37. The van der Waals surface area contributed by atoms with Crippen LogP contribution < -0.4 is 4.90 Å². The molecule has 1 atom stereocenters. The highest BCUT2D eigenvalue weighted by Crippen LogP contribution is 2.34. The van der Waals surface area contributed by atoms with Gasteiger partial charge >= 0.3 is 5.97 Å². The Morgan fingerprint density at radius 1 is 1.00 bits per heavy atom. The van der Waals surface area contributed by atoms with Crippen molar-refractivity contribution in [3.8, 4) is 0 Å². The van der Waals surface area contributed by atoms with E-state index in [9.17, 15) is 24.8 Å². The molecule has 1 heterocycles. The molecule has 0 saturated carbocycles. The molecule has 0 radical (unpaired) electrons. The van der Waals surface area contributed by atoms with E-state index in [0.29, 0.717) is 13.0 Å². The molecule has 1 N–H and O–H groups in total. The summed E-state index contributed by atoms with van der Waals surface area (Å²) in [4.78, 5) is 39.3. The van der Waals surface area contributed by atoms with Crippen molar-refractivity contribution < 1.29 is 19.6 Å². The number of aryl methyl sites for hydroxylation is 1. The predicted octanol–water partition coefficient (Wildman–Crippen LogP) is 4.53. The first-order valence-electron chi connectivity index (χ1n) is 10.7. The fourth-order valence-electron chi connectivity index (χ4n) is 3.95. The summed E-state index contributed by atoms with van der Waals surface area (Å²) in [5, 5.41) is 21.1. The first kappa shape index (κ1) is 22.7. The lowest BCUT2D eigenvalue weighted by molar-refractivity contribution is -0.384. The van der Waals surface area contributed by atoms with Gasteiger partial charge in [0.25, 0.3) is 5.69 Å². The summed E-state index contributed by atoms with van der Waals surface area (Å²) in [5.41, 5.74) is 2.55. The van der Waals surface area contributed by atoms with Crippen LogP contribution in [0.15, 0.2) is 85.2 Å². The number of carboxylic acid groups (broad SMARTS) is 1. The summed E-state index contributed by atoms with van der Waals surface area (Å²) in [6.07, 6.45) is 3.58. The van der Waals surface area contributed by atoms with Gasteiger partial charge in [0, 0.05) is 24.9 Å². The fourth-order valence-corrected chi connectivity index (χ4v) is 3.95. The van der Waals surface area contributed by atoms with Crippen LogP contribution in [0.5, 0.6) is 0 Å². The van der Waals surface area contributed by atoms with Crippen LogP contribution in [0, 0.1) is 17.0 Å². The number of rotatable bonds is 7. The number of nitrogens with zero attached hydrogens (tertiary/aromatic N) is 3. The maximum Gasteiger partial charge on any atom is 0.335 e. The Morgan fingerprint density at radius 2 is 1.71 bits per heavy atom. The molecular weight excluding hydrogens is 434 g/mol. The van der Waals surface area contributed by atoms with Gasteiger partial charge in [-0.05, 0) is 30.2 Å². The second kappa shape index (κ2) is 9.58. The van der Waals surface area contributed by atoms with Gasteiger partial charge in [-0.1, -0.05) is 60.2 Å². The Morgan fingerprint density at radius 3 is 2.35 bits per heavy atom. The number of amides is 1. The van der Waals surface area contributed by atoms with Crippen molar-refractivity contribution >= 4 is 23.3 Å². The molecule has 3 aromatic rings. The Kier molecular flexibility index (Phi) is 6.40. The predicted molar refractivity (Wildman–Crippen MR) is 127 cm³/mol. The van der Waals surface area contributed by atoms with Crippen molar-refractivity contribution in [2.45, 2.75) is 25.9 Å². The van der Waals surface area contributed by atoms with Crippen LogP contribution in [0.25, 0.3) is 0 Å². The van der Waals surface area contributed by atoms with E-state index < -0.39 is 16.9 Å². The van der Waals surface area contributed by atoms with Crippen LogP contribution in [0.1, 0.15) is 27.0 Å². The summed E-state index contributed by atoms with van der Waals surface area (Å²) in [6.45, 7) is 2.34. The minimum atomic E-state index is -1.26. The summed E-state index contributed by atoms with van der Waals surface area (Å²) in [7, 11) is 0. The first-order chi connectivity index (χ1) is 16.3. The third-order valence-corrected chi connectivity index (χ3v) is 5.75. The Balaban J connectivity index is 1.75. The van der Waals surface area contributed by atoms with E-state index in [2.05, 4.69) is 0 Å². The number of nitro benzene ring substituents is 1. The van der Waals surface area contributed by atoms with Crippen LogP contribution in [0.2, 0.25) is 0 Å². The highest BCUT2D eigenvalue weighted by Gasteiger charge is 2.35. The summed E-state index contributed by atoms with van der Waals surface area (Å²) in [5.74, 6) is -1.46. The molecule has 0 fully saturated rings. The van der Waals surface area contributed by atoms with Gasteiger partial charge in [0.1, 0.15) is 11.7 Å². The highest BCUT2D eigenvalue weighted by molar-refractivity contribution is 5.92. The maximum atomic E-state index is 13.6. The minimum absolute atomic E-state index is 0.163. The number of hydrogen-bond donors (Lipinski definition) is 1. The summed E-state index contributed by atoms with van der Waals surface area (Å²) >= 11 is 0. The topological polar surface area (TPSA) is 104 Å². The van der Waals surface area contributed by atoms with E-state index in [1.54, 1.807) is 22.2 Å². The molecule has 0 saturated heterocycles. The van der Waals surface area contributed by atoms with E-state index >= 15 is 0 Å². The molecular formula is C26H23N3O5. The van der Waals surface area contributed by atoms with Crippen molar-refractivity contribution in [3.05, 3.63) is 118 Å². The first-order valence-corrected chi connectivity index (χ1v) is 10.7. The van der Waals surface area contributed by atoms with Gasteiger partial charge in [-0.15, -0.1) is 0 Å². The zero-order valence-corrected chi connectivity index (χ0v) is 18.5. The molecule has 4 rings (SSSR count). The van der Waals surface area contributed by atoms with Gasteiger partial charge in [0.15, 0.2) is 0 Å². The van der Waals surface area contributed by atoms with Gasteiger partial charge in [-0.25, -0.2) is 4.79 Å². The molecule has 0 bridgehead atoms.